The average Bonchev–Trinajstić information content (AvgIpc) is 2.57. The molecular weight excluding hydrogens is 239 g/mol. The number of likely N-dealkylation sites (N-methyl/N-ethyl adjacent to an activating group) is 1. The van der Waals surface area contributed by atoms with E-state index < -0.39 is 0 Å². The van der Waals surface area contributed by atoms with E-state index >= 15 is 0 Å². The van der Waals surface area contributed by atoms with Gasteiger partial charge >= 0.3 is 0 Å². The van der Waals surface area contributed by atoms with Gasteiger partial charge in [-0.05, 0) is 42.9 Å². The number of nitrogens with zero attached hydrogens (tertiary/aromatic N) is 1. The van der Waals surface area contributed by atoms with Crippen molar-refractivity contribution in [3.05, 3.63) is 41.3 Å². The second kappa shape index (κ2) is 4.63. The molecule has 0 aliphatic carbocycles. The number of hydrogen-bond donors (Lipinski definition) is 1. The van der Waals surface area contributed by atoms with Gasteiger partial charge in [-0.25, -0.2) is 4.39 Å². The van der Waals surface area contributed by atoms with Crippen LogP contribution in [0.5, 0.6) is 0 Å². The highest BCUT2D eigenvalue weighted by atomic mass is 32.1. The van der Waals surface area contributed by atoms with Gasteiger partial charge in [0.2, 0.25) is 0 Å². The minimum absolute atomic E-state index is 0.151. The highest BCUT2D eigenvalue weighted by Crippen LogP contribution is 2.14. The molecule has 1 aromatic rings. The monoisotopic (exact) mass is 250 g/mol. The van der Waals surface area contributed by atoms with Crippen molar-refractivity contribution in [2.75, 3.05) is 6.54 Å². The van der Waals surface area contributed by atoms with E-state index in [0.29, 0.717) is 17.4 Å². The largest absolute Gasteiger partial charge is 0.328 e. The van der Waals surface area contributed by atoms with Gasteiger partial charge in [-0.3, -0.25) is 9.69 Å². The molecule has 0 bridgehead atoms. The summed E-state index contributed by atoms with van der Waals surface area (Å²) in [4.78, 5) is 13.3. The van der Waals surface area contributed by atoms with Crippen LogP contribution in [0.1, 0.15) is 12.5 Å². The number of carbonyl (C=O) groups is 1. The van der Waals surface area contributed by atoms with E-state index in [1.165, 1.54) is 17.0 Å². The van der Waals surface area contributed by atoms with Crippen LogP contribution >= 0.6 is 12.2 Å². The summed E-state index contributed by atoms with van der Waals surface area (Å²) in [6.07, 6.45) is 1.66. The summed E-state index contributed by atoms with van der Waals surface area (Å²) in [5.74, 6) is -0.453. The summed E-state index contributed by atoms with van der Waals surface area (Å²) in [7, 11) is 0. The van der Waals surface area contributed by atoms with E-state index in [1.54, 1.807) is 18.2 Å². The lowest BCUT2D eigenvalue weighted by Crippen LogP contribution is -2.30. The van der Waals surface area contributed by atoms with Crippen molar-refractivity contribution in [3.8, 4) is 0 Å². The van der Waals surface area contributed by atoms with Crippen molar-refractivity contribution in [1.82, 2.24) is 10.2 Å². The van der Waals surface area contributed by atoms with Crippen LogP contribution in [0.15, 0.2) is 30.0 Å². The Balaban J connectivity index is 2.27. The Labute approximate surface area is 104 Å². The van der Waals surface area contributed by atoms with Gasteiger partial charge in [-0.1, -0.05) is 12.1 Å². The van der Waals surface area contributed by atoms with E-state index in [0.717, 1.165) is 5.56 Å². The highest BCUT2D eigenvalue weighted by Gasteiger charge is 2.28. The quantitative estimate of drug-likeness (QED) is 0.643. The molecule has 0 unspecified atom stereocenters. The van der Waals surface area contributed by atoms with Crippen molar-refractivity contribution in [1.29, 1.82) is 0 Å². The zero-order chi connectivity index (χ0) is 12.4. The van der Waals surface area contributed by atoms with Gasteiger partial charge in [0.15, 0.2) is 5.11 Å². The molecule has 1 aliphatic heterocycles. The molecule has 1 aromatic carbocycles. The maximum Gasteiger partial charge on any atom is 0.276 e. The zero-order valence-corrected chi connectivity index (χ0v) is 10.1. The Kier molecular flexibility index (Phi) is 3.19. The second-order valence-electron chi connectivity index (χ2n) is 3.59. The van der Waals surface area contributed by atoms with Crippen molar-refractivity contribution < 1.29 is 9.18 Å². The van der Waals surface area contributed by atoms with Crippen LogP contribution in [0.4, 0.5) is 4.39 Å². The van der Waals surface area contributed by atoms with Gasteiger partial charge in [0.1, 0.15) is 11.5 Å². The molecular formula is C12H11FN2OS. The Morgan fingerprint density at radius 2 is 2.06 bits per heavy atom. The number of hydrogen-bond acceptors (Lipinski definition) is 2. The maximum absolute atomic E-state index is 12.7. The van der Waals surface area contributed by atoms with Crippen molar-refractivity contribution in [2.45, 2.75) is 6.92 Å². The summed E-state index contributed by atoms with van der Waals surface area (Å²) >= 11 is 5.02. The smallest absolute Gasteiger partial charge is 0.276 e. The predicted octanol–water partition coefficient (Wildman–Crippen LogP) is 1.90. The lowest BCUT2D eigenvalue weighted by Gasteiger charge is -2.08. The lowest BCUT2D eigenvalue weighted by atomic mass is 10.2. The number of rotatable bonds is 2. The molecule has 1 saturated heterocycles. The molecule has 88 valence electrons. The topological polar surface area (TPSA) is 32.3 Å². The van der Waals surface area contributed by atoms with E-state index in [-0.39, 0.29) is 11.7 Å². The number of carbonyl (C=O) groups excluding carboxylic acids is 1. The molecule has 0 radical (unpaired) electrons. The first kappa shape index (κ1) is 11.7. The fourth-order valence-corrected chi connectivity index (χ4v) is 1.91. The summed E-state index contributed by atoms with van der Waals surface area (Å²) in [5.41, 5.74) is 1.17. The molecule has 2 rings (SSSR count). The van der Waals surface area contributed by atoms with Crippen molar-refractivity contribution >= 4 is 29.3 Å². The molecule has 0 saturated carbocycles. The van der Waals surface area contributed by atoms with Crippen LogP contribution in [0.3, 0.4) is 0 Å². The third-order valence-corrected chi connectivity index (χ3v) is 2.78. The standard InChI is InChI=1S/C12H11FN2OS/c1-2-15-11(16)10(14-12(15)17)7-8-3-5-9(13)6-4-8/h3-7H,2H2,1H3,(H,14,17). The van der Waals surface area contributed by atoms with Gasteiger partial charge in [0, 0.05) is 6.54 Å². The fraction of sp³-hybridized carbons (Fsp3) is 0.167. The van der Waals surface area contributed by atoms with Gasteiger partial charge in [0.05, 0.1) is 0 Å². The maximum atomic E-state index is 12.7. The molecule has 0 aromatic heterocycles. The molecule has 3 nitrogen and oxygen atoms in total. The summed E-state index contributed by atoms with van der Waals surface area (Å²) in [5, 5.41) is 3.25. The third-order valence-electron chi connectivity index (χ3n) is 2.46. The number of amides is 1. The van der Waals surface area contributed by atoms with Gasteiger partial charge in [0.25, 0.3) is 5.91 Å². The summed E-state index contributed by atoms with van der Waals surface area (Å²) in [6.45, 7) is 2.39. The predicted molar refractivity (Wildman–Crippen MR) is 67.5 cm³/mol. The molecule has 0 spiro atoms. The second-order valence-corrected chi connectivity index (χ2v) is 3.98. The fourth-order valence-electron chi connectivity index (χ4n) is 1.58. The van der Waals surface area contributed by atoms with E-state index in [2.05, 4.69) is 5.32 Å². The van der Waals surface area contributed by atoms with Gasteiger partial charge in [-0.2, -0.15) is 0 Å². The number of nitrogens with one attached hydrogen (secondary N) is 1. The van der Waals surface area contributed by atoms with Gasteiger partial charge < -0.3 is 5.32 Å². The first-order valence-corrected chi connectivity index (χ1v) is 5.62. The molecule has 1 amide bonds. The van der Waals surface area contributed by atoms with Crippen LogP contribution in [0.2, 0.25) is 0 Å². The number of halogens is 1. The zero-order valence-electron chi connectivity index (χ0n) is 9.24. The van der Waals surface area contributed by atoms with Crippen LogP contribution in [0.25, 0.3) is 6.08 Å². The first-order chi connectivity index (χ1) is 8.11. The van der Waals surface area contributed by atoms with Gasteiger partial charge in [-0.15, -0.1) is 0 Å². The minimum Gasteiger partial charge on any atom is -0.328 e. The Morgan fingerprint density at radius 3 is 2.59 bits per heavy atom. The average molecular weight is 250 g/mol. The van der Waals surface area contributed by atoms with Crippen LogP contribution < -0.4 is 5.32 Å². The SMILES string of the molecule is CCN1C(=O)C(=Cc2ccc(F)cc2)NC1=S. The Bertz CT molecular complexity index is 496. The third kappa shape index (κ3) is 2.34. The Morgan fingerprint density at radius 1 is 1.41 bits per heavy atom. The molecule has 1 N–H and O–H groups in total. The molecule has 0 atom stereocenters. The van der Waals surface area contributed by atoms with E-state index in [4.69, 9.17) is 12.2 Å². The highest BCUT2D eigenvalue weighted by molar-refractivity contribution is 7.80. The Hall–Kier alpha value is -1.75. The molecule has 5 heteroatoms. The van der Waals surface area contributed by atoms with E-state index in [1.807, 2.05) is 6.92 Å². The molecule has 1 fully saturated rings. The normalized spacial score (nSPS) is 17.8. The van der Waals surface area contributed by atoms with E-state index in [9.17, 15) is 9.18 Å². The molecule has 17 heavy (non-hydrogen) atoms. The van der Waals surface area contributed by atoms with Crippen LogP contribution in [0, 0.1) is 5.82 Å². The summed E-state index contributed by atoms with van der Waals surface area (Å²) < 4.78 is 12.7. The number of benzene rings is 1. The summed E-state index contributed by atoms with van der Waals surface area (Å²) in [6, 6.07) is 5.91. The molecule has 1 heterocycles. The minimum atomic E-state index is -0.302. The van der Waals surface area contributed by atoms with Crippen molar-refractivity contribution in [2.24, 2.45) is 0 Å². The lowest BCUT2D eigenvalue weighted by molar-refractivity contribution is -0.122. The first-order valence-electron chi connectivity index (χ1n) is 5.22. The van der Waals surface area contributed by atoms with Crippen molar-refractivity contribution in [3.63, 3.8) is 0 Å². The van der Waals surface area contributed by atoms with Crippen LogP contribution in [-0.4, -0.2) is 22.5 Å². The number of thiocarbonyl (C=S) groups is 1. The molecule has 1 aliphatic rings. The van der Waals surface area contributed by atoms with Crippen LogP contribution in [-0.2, 0) is 4.79 Å².